The van der Waals surface area contributed by atoms with Crippen molar-refractivity contribution in [3.8, 4) is 0 Å². The third kappa shape index (κ3) is 2.55. The summed E-state index contributed by atoms with van der Waals surface area (Å²) in [6, 6.07) is 7.86. The van der Waals surface area contributed by atoms with Gasteiger partial charge in [-0.2, -0.15) is 0 Å². The highest BCUT2D eigenvalue weighted by atomic mass is 16.2. The molecule has 4 heteroatoms. The number of carbonyl (C=O) groups excluding carboxylic acids is 2. The number of aryl methyl sites for hydroxylation is 1. The summed E-state index contributed by atoms with van der Waals surface area (Å²) in [4.78, 5) is 26.5. The standard InChI is InChI=1S/C16H22N2O2/c1-4-16(5-2)15(20)18(11-10-14(19)17-16)13-8-6-12(3)7-9-13/h6-9H,4-5,10-11H2,1-3H3,(H,17,19). The molecule has 0 bridgehead atoms. The highest BCUT2D eigenvalue weighted by Crippen LogP contribution is 2.26. The number of nitrogens with one attached hydrogen (secondary N) is 1. The number of hydrogen-bond acceptors (Lipinski definition) is 2. The first kappa shape index (κ1) is 14.6. The number of amides is 2. The summed E-state index contributed by atoms with van der Waals surface area (Å²) in [7, 11) is 0. The third-order valence-corrected chi connectivity index (χ3v) is 4.15. The zero-order chi connectivity index (χ0) is 14.8. The molecule has 0 saturated carbocycles. The summed E-state index contributed by atoms with van der Waals surface area (Å²) in [5, 5.41) is 2.92. The summed E-state index contributed by atoms with van der Waals surface area (Å²) >= 11 is 0. The van der Waals surface area contributed by atoms with Gasteiger partial charge in [0.15, 0.2) is 0 Å². The smallest absolute Gasteiger partial charge is 0.252 e. The number of nitrogens with zero attached hydrogens (tertiary/aromatic N) is 1. The molecule has 0 unspecified atom stereocenters. The number of carbonyl (C=O) groups is 2. The van der Waals surface area contributed by atoms with Crippen molar-refractivity contribution in [3.63, 3.8) is 0 Å². The highest BCUT2D eigenvalue weighted by molar-refractivity contribution is 6.04. The fraction of sp³-hybridized carbons (Fsp3) is 0.500. The molecule has 4 nitrogen and oxygen atoms in total. The van der Waals surface area contributed by atoms with Gasteiger partial charge < -0.3 is 10.2 Å². The Morgan fingerprint density at radius 2 is 1.75 bits per heavy atom. The summed E-state index contributed by atoms with van der Waals surface area (Å²) in [6.45, 7) is 6.34. The molecule has 1 saturated heterocycles. The van der Waals surface area contributed by atoms with Gasteiger partial charge in [-0.05, 0) is 31.9 Å². The molecule has 1 N–H and O–H groups in total. The van der Waals surface area contributed by atoms with Gasteiger partial charge in [0.25, 0.3) is 5.91 Å². The molecule has 0 spiro atoms. The van der Waals surface area contributed by atoms with Gasteiger partial charge in [0.05, 0.1) is 0 Å². The van der Waals surface area contributed by atoms with Gasteiger partial charge in [0.1, 0.15) is 5.54 Å². The molecular weight excluding hydrogens is 252 g/mol. The quantitative estimate of drug-likeness (QED) is 0.920. The van der Waals surface area contributed by atoms with E-state index in [0.29, 0.717) is 25.8 Å². The van der Waals surface area contributed by atoms with Crippen LogP contribution in [0, 0.1) is 6.92 Å². The molecule has 0 aromatic heterocycles. The van der Waals surface area contributed by atoms with Crippen LogP contribution < -0.4 is 10.2 Å². The van der Waals surface area contributed by atoms with Crippen molar-refractivity contribution in [3.05, 3.63) is 29.8 Å². The van der Waals surface area contributed by atoms with E-state index < -0.39 is 5.54 Å². The van der Waals surface area contributed by atoms with E-state index in [0.717, 1.165) is 11.3 Å². The van der Waals surface area contributed by atoms with Crippen LogP contribution in [0.25, 0.3) is 0 Å². The van der Waals surface area contributed by atoms with E-state index in [2.05, 4.69) is 5.32 Å². The van der Waals surface area contributed by atoms with Gasteiger partial charge >= 0.3 is 0 Å². The van der Waals surface area contributed by atoms with E-state index >= 15 is 0 Å². The van der Waals surface area contributed by atoms with Crippen LogP contribution in [-0.4, -0.2) is 23.9 Å². The summed E-state index contributed by atoms with van der Waals surface area (Å²) in [5.41, 5.74) is 1.25. The molecule has 20 heavy (non-hydrogen) atoms. The van der Waals surface area contributed by atoms with E-state index in [-0.39, 0.29) is 11.8 Å². The van der Waals surface area contributed by atoms with Crippen LogP contribution in [0.2, 0.25) is 0 Å². The van der Waals surface area contributed by atoms with Crippen LogP contribution in [0.1, 0.15) is 38.7 Å². The van der Waals surface area contributed by atoms with Crippen LogP contribution >= 0.6 is 0 Å². The van der Waals surface area contributed by atoms with Gasteiger partial charge in [0, 0.05) is 18.7 Å². The fourth-order valence-electron chi connectivity index (χ4n) is 2.66. The predicted molar refractivity (Wildman–Crippen MR) is 79.6 cm³/mol. The normalized spacial score (nSPS) is 18.6. The zero-order valence-corrected chi connectivity index (χ0v) is 12.4. The minimum Gasteiger partial charge on any atom is -0.342 e. The molecule has 0 radical (unpaired) electrons. The highest BCUT2D eigenvalue weighted by Gasteiger charge is 2.42. The van der Waals surface area contributed by atoms with Gasteiger partial charge in [-0.15, -0.1) is 0 Å². The third-order valence-electron chi connectivity index (χ3n) is 4.15. The molecule has 1 heterocycles. The van der Waals surface area contributed by atoms with E-state index in [1.807, 2.05) is 45.0 Å². The van der Waals surface area contributed by atoms with Crippen molar-refractivity contribution < 1.29 is 9.59 Å². The van der Waals surface area contributed by atoms with Crippen LogP contribution in [0.5, 0.6) is 0 Å². The van der Waals surface area contributed by atoms with Crippen LogP contribution in [-0.2, 0) is 9.59 Å². The van der Waals surface area contributed by atoms with E-state index in [9.17, 15) is 9.59 Å². The van der Waals surface area contributed by atoms with Crippen LogP contribution in [0.3, 0.4) is 0 Å². The molecule has 0 aliphatic carbocycles. The average Bonchev–Trinajstić information content (AvgIpc) is 2.58. The van der Waals surface area contributed by atoms with Crippen molar-refractivity contribution in [1.29, 1.82) is 0 Å². The maximum Gasteiger partial charge on any atom is 0.252 e. The number of hydrogen-bond donors (Lipinski definition) is 1. The largest absolute Gasteiger partial charge is 0.342 e. The van der Waals surface area contributed by atoms with Crippen molar-refractivity contribution >= 4 is 17.5 Å². The first-order valence-electron chi connectivity index (χ1n) is 7.22. The summed E-state index contributed by atoms with van der Waals surface area (Å²) < 4.78 is 0. The minimum atomic E-state index is -0.765. The van der Waals surface area contributed by atoms with Crippen molar-refractivity contribution in [2.75, 3.05) is 11.4 Å². The van der Waals surface area contributed by atoms with Crippen LogP contribution in [0.4, 0.5) is 5.69 Å². The number of anilines is 1. The van der Waals surface area contributed by atoms with Gasteiger partial charge in [-0.3, -0.25) is 9.59 Å². The van der Waals surface area contributed by atoms with E-state index in [1.54, 1.807) is 4.90 Å². The summed E-state index contributed by atoms with van der Waals surface area (Å²) in [6.07, 6.45) is 1.56. The molecule has 1 aromatic carbocycles. The topological polar surface area (TPSA) is 49.4 Å². The molecule has 2 amide bonds. The molecule has 1 aromatic rings. The molecule has 1 aliphatic heterocycles. The van der Waals surface area contributed by atoms with E-state index in [1.165, 1.54) is 0 Å². The Bertz CT molecular complexity index is 504. The lowest BCUT2D eigenvalue weighted by atomic mass is 9.91. The Morgan fingerprint density at radius 3 is 2.30 bits per heavy atom. The lowest BCUT2D eigenvalue weighted by molar-refractivity contribution is -0.130. The monoisotopic (exact) mass is 274 g/mol. The molecule has 1 aliphatic rings. The Morgan fingerprint density at radius 1 is 1.15 bits per heavy atom. The lowest BCUT2D eigenvalue weighted by Crippen LogP contribution is -2.56. The maximum atomic E-state index is 12.9. The second-order valence-electron chi connectivity index (χ2n) is 5.38. The average molecular weight is 274 g/mol. The zero-order valence-electron chi connectivity index (χ0n) is 12.4. The Hall–Kier alpha value is -1.84. The Kier molecular flexibility index (Phi) is 4.12. The second kappa shape index (κ2) is 5.65. The molecule has 108 valence electrons. The minimum absolute atomic E-state index is 0.00259. The first-order valence-corrected chi connectivity index (χ1v) is 7.22. The maximum absolute atomic E-state index is 12.9. The second-order valence-corrected chi connectivity index (χ2v) is 5.38. The van der Waals surface area contributed by atoms with Crippen molar-refractivity contribution in [2.45, 2.75) is 45.6 Å². The van der Waals surface area contributed by atoms with Crippen molar-refractivity contribution in [1.82, 2.24) is 5.32 Å². The predicted octanol–water partition coefficient (Wildman–Crippen LogP) is 2.41. The van der Waals surface area contributed by atoms with Gasteiger partial charge in [0.2, 0.25) is 5.91 Å². The Balaban J connectivity index is 2.39. The van der Waals surface area contributed by atoms with E-state index in [4.69, 9.17) is 0 Å². The number of benzene rings is 1. The molecule has 2 rings (SSSR count). The lowest BCUT2D eigenvalue weighted by Gasteiger charge is -2.33. The molecule has 1 fully saturated rings. The van der Waals surface area contributed by atoms with Gasteiger partial charge in [-0.25, -0.2) is 0 Å². The molecule has 0 atom stereocenters. The SMILES string of the molecule is CCC1(CC)NC(=O)CCN(c2ccc(C)cc2)C1=O. The molecular formula is C16H22N2O2. The summed E-state index contributed by atoms with van der Waals surface area (Å²) in [5.74, 6) is -0.0473. The van der Waals surface area contributed by atoms with Crippen LogP contribution in [0.15, 0.2) is 24.3 Å². The number of rotatable bonds is 3. The fourth-order valence-corrected chi connectivity index (χ4v) is 2.66. The first-order chi connectivity index (χ1) is 9.52. The van der Waals surface area contributed by atoms with Gasteiger partial charge in [-0.1, -0.05) is 31.5 Å². The van der Waals surface area contributed by atoms with Crippen molar-refractivity contribution in [2.24, 2.45) is 0 Å². The Labute approximate surface area is 120 Å².